The van der Waals surface area contributed by atoms with Crippen molar-refractivity contribution in [3.8, 4) is 0 Å². The Hall–Kier alpha value is -2.17. The molecule has 0 aliphatic heterocycles. The molecule has 0 aliphatic carbocycles. The standard InChI is InChI=1S/C20H31N3O2/c1-4-5-6-7-8-12-15-21-23-20(25)18(16(2)3)22-19(24)17-13-10-9-11-14-17/h9-11,13-16,18H,4-8,12H2,1-3H3,(H,22,24)(H,23,25). The van der Waals surface area contributed by atoms with Crippen LogP contribution in [0.5, 0.6) is 0 Å². The maximum absolute atomic E-state index is 12.3. The molecule has 0 aromatic heterocycles. The van der Waals surface area contributed by atoms with Crippen molar-refractivity contribution in [2.75, 3.05) is 0 Å². The molecule has 0 heterocycles. The van der Waals surface area contributed by atoms with Crippen molar-refractivity contribution in [1.29, 1.82) is 0 Å². The molecule has 2 amide bonds. The number of hydrazone groups is 1. The summed E-state index contributed by atoms with van der Waals surface area (Å²) < 4.78 is 0. The van der Waals surface area contributed by atoms with E-state index in [1.165, 1.54) is 25.7 Å². The Balaban J connectivity index is 2.42. The van der Waals surface area contributed by atoms with Gasteiger partial charge >= 0.3 is 0 Å². The average molecular weight is 345 g/mol. The quantitative estimate of drug-likeness (QED) is 0.363. The van der Waals surface area contributed by atoms with Crippen LogP contribution in [0.1, 0.15) is 69.7 Å². The molecule has 1 aromatic carbocycles. The van der Waals surface area contributed by atoms with Crippen LogP contribution in [0.15, 0.2) is 35.4 Å². The zero-order chi connectivity index (χ0) is 18.5. The number of carbonyl (C=O) groups is 2. The maximum atomic E-state index is 12.3. The fraction of sp³-hybridized carbons (Fsp3) is 0.550. The third-order valence-electron chi connectivity index (χ3n) is 3.97. The fourth-order valence-corrected chi connectivity index (χ4v) is 2.43. The van der Waals surface area contributed by atoms with Gasteiger partial charge in [0.15, 0.2) is 0 Å². The van der Waals surface area contributed by atoms with E-state index in [0.29, 0.717) is 5.56 Å². The van der Waals surface area contributed by atoms with E-state index >= 15 is 0 Å². The van der Waals surface area contributed by atoms with Gasteiger partial charge in [-0.15, -0.1) is 0 Å². The summed E-state index contributed by atoms with van der Waals surface area (Å²) in [6, 6.07) is 8.27. The molecule has 1 atom stereocenters. The fourth-order valence-electron chi connectivity index (χ4n) is 2.43. The second-order valence-electron chi connectivity index (χ2n) is 6.55. The lowest BCUT2D eigenvalue weighted by Crippen LogP contribution is -2.48. The number of nitrogens with zero attached hydrogens (tertiary/aromatic N) is 1. The first kappa shape index (κ1) is 20.9. The van der Waals surface area contributed by atoms with Crippen LogP contribution < -0.4 is 10.7 Å². The minimum Gasteiger partial charge on any atom is -0.340 e. The molecule has 5 nitrogen and oxygen atoms in total. The van der Waals surface area contributed by atoms with Gasteiger partial charge in [0.1, 0.15) is 6.04 Å². The zero-order valence-corrected chi connectivity index (χ0v) is 15.6. The normalized spacial score (nSPS) is 12.3. The van der Waals surface area contributed by atoms with Gasteiger partial charge in [-0.25, -0.2) is 5.43 Å². The van der Waals surface area contributed by atoms with Crippen LogP contribution in [0.3, 0.4) is 0 Å². The molecule has 1 rings (SSSR count). The van der Waals surface area contributed by atoms with E-state index in [1.807, 2.05) is 19.9 Å². The van der Waals surface area contributed by atoms with Gasteiger partial charge in [0.05, 0.1) is 0 Å². The Kier molecular flexibility index (Phi) is 10.2. The summed E-state index contributed by atoms with van der Waals surface area (Å²) in [5, 5.41) is 6.78. The Morgan fingerprint density at radius 3 is 2.40 bits per heavy atom. The minimum absolute atomic E-state index is 0.0306. The van der Waals surface area contributed by atoms with Gasteiger partial charge in [-0.05, 0) is 30.9 Å². The minimum atomic E-state index is -0.616. The highest BCUT2D eigenvalue weighted by molar-refractivity contribution is 5.97. The van der Waals surface area contributed by atoms with Gasteiger partial charge in [0.25, 0.3) is 11.8 Å². The second-order valence-corrected chi connectivity index (χ2v) is 6.55. The van der Waals surface area contributed by atoms with Gasteiger partial charge in [-0.2, -0.15) is 5.10 Å². The predicted octanol–water partition coefficient (Wildman–Crippen LogP) is 3.90. The first-order valence-electron chi connectivity index (χ1n) is 9.23. The van der Waals surface area contributed by atoms with Crippen molar-refractivity contribution in [3.05, 3.63) is 35.9 Å². The summed E-state index contributed by atoms with van der Waals surface area (Å²) >= 11 is 0. The maximum Gasteiger partial charge on any atom is 0.262 e. The van der Waals surface area contributed by atoms with E-state index in [2.05, 4.69) is 22.8 Å². The number of hydrogen-bond acceptors (Lipinski definition) is 3. The van der Waals surface area contributed by atoms with E-state index in [0.717, 1.165) is 12.8 Å². The van der Waals surface area contributed by atoms with Gasteiger partial charge in [-0.1, -0.05) is 64.7 Å². The first-order valence-corrected chi connectivity index (χ1v) is 9.23. The van der Waals surface area contributed by atoms with E-state index in [1.54, 1.807) is 30.5 Å². The molecule has 0 fully saturated rings. The number of amides is 2. The molecule has 1 unspecified atom stereocenters. The van der Waals surface area contributed by atoms with Crippen molar-refractivity contribution in [2.24, 2.45) is 11.0 Å². The van der Waals surface area contributed by atoms with Gasteiger partial charge in [-0.3, -0.25) is 9.59 Å². The van der Waals surface area contributed by atoms with E-state index in [-0.39, 0.29) is 17.7 Å². The smallest absolute Gasteiger partial charge is 0.262 e. The van der Waals surface area contributed by atoms with Crippen LogP contribution in [0.25, 0.3) is 0 Å². The average Bonchev–Trinajstić information content (AvgIpc) is 2.62. The summed E-state index contributed by atoms with van der Waals surface area (Å²) in [4.78, 5) is 24.5. The Morgan fingerprint density at radius 2 is 1.76 bits per heavy atom. The van der Waals surface area contributed by atoms with Gasteiger partial charge in [0.2, 0.25) is 0 Å². The van der Waals surface area contributed by atoms with Crippen LogP contribution in [-0.2, 0) is 4.79 Å². The number of rotatable bonds is 11. The third-order valence-corrected chi connectivity index (χ3v) is 3.97. The summed E-state index contributed by atoms with van der Waals surface area (Å²) in [5.41, 5.74) is 3.08. The molecule has 0 radical (unpaired) electrons. The van der Waals surface area contributed by atoms with Crippen molar-refractivity contribution >= 4 is 18.0 Å². The highest BCUT2D eigenvalue weighted by Gasteiger charge is 2.24. The van der Waals surface area contributed by atoms with Crippen LogP contribution in [-0.4, -0.2) is 24.1 Å². The lowest BCUT2D eigenvalue weighted by molar-refractivity contribution is -0.123. The van der Waals surface area contributed by atoms with Crippen molar-refractivity contribution < 1.29 is 9.59 Å². The van der Waals surface area contributed by atoms with Gasteiger partial charge in [0, 0.05) is 11.8 Å². The van der Waals surface area contributed by atoms with Crippen molar-refractivity contribution in [1.82, 2.24) is 10.7 Å². The molecule has 0 aliphatic rings. The third kappa shape index (κ3) is 8.47. The van der Waals surface area contributed by atoms with E-state index in [4.69, 9.17) is 0 Å². The molecule has 2 N–H and O–H groups in total. The first-order chi connectivity index (χ1) is 12.1. The monoisotopic (exact) mass is 345 g/mol. The summed E-state index contributed by atoms with van der Waals surface area (Å²) in [6.45, 7) is 5.98. The molecular weight excluding hydrogens is 314 g/mol. The largest absolute Gasteiger partial charge is 0.340 e. The second kappa shape index (κ2) is 12.2. The van der Waals surface area contributed by atoms with E-state index < -0.39 is 6.04 Å². The predicted molar refractivity (Wildman–Crippen MR) is 103 cm³/mol. The Bertz CT molecular complexity index is 541. The molecule has 0 saturated carbocycles. The number of benzene rings is 1. The number of nitrogens with one attached hydrogen (secondary N) is 2. The van der Waals surface area contributed by atoms with E-state index in [9.17, 15) is 9.59 Å². The van der Waals surface area contributed by atoms with Crippen LogP contribution in [0, 0.1) is 5.92 Å². The molecule has 0 bridgehead atoms. The van der Waals surface area contributed by atoms with Crippen molar-refractivity contribution in [2.45, 2.75) is 65.3 Å². The summed E-state index contributed by atoms with van der Waals surface area (Å²) in [7, 11) is 0. The number of unbranched alkanes of at least 4 members (excludes halogenated alkanes) is 5. The summed E-state index contributed by atoms with van der Waals surface area (Å²) in [6.07, 6.45) is 8.61. The molecular formula is C20H31N3O2. The number of hydrogen-bond donors (Lipinski definition) is 2. The molecule has 25 heavy (non-hydrogen) atoms. The van der Waals surface area contributed by atoms with Gasteiger partial charge < -0.3 is 5.32 Å². The molecule has 0 spiro atoms. The summed E-state index contributed by atoms with van der Waals surface area (Å²) in [5.74, 6) is -0.576. The highest BCUT2D eigenvalue weighted by Crippen LogP contribution is 2.06. The topological polar surface area (TPSA) is 70.6 Å². The number of carbonyl (C=O) groups excluding carboxylic acids is 2. The SMILES string of the molecule is CCCCCCCC=NNC(=O)C(NC(=O)c1ccccc1)C(C)C. The van der Waals surface area contributed by atoms with Crippen LogP contribution >= 0.6 is 0 Å². The Morgan fingerprint density at radius 1 is 1.08 bits per heavy atom. The van der Waals surface area contributed by atoms with Crippen molar-refractivity contribution in [3.63, 3.8) is 0 Å². The molecule has 1 aromatic rings. The van der Waals surface area contributed by atoms with Crippen LogP contribution in [0.4, 0.5) is 0 Å². The Labute approximate surface area is 151 Å². The zero-order valence-electron chi connectivity index (χ0n) is 15.6. The molecule has 5 heteroatoms. The highest BCUT2D eigenvalue weighted by atomic mass is 16.2. The molecule has 138 valence electrons. The molecule has 0 saturated heterocycles. The lowest BCUT2D eigenvalue weighted by Gasteiger charge is -2.20. The van der Waals surface area contributed by atoms with Crippen LogP contribution in [0.2, 0.25) is 0 Å². The lowest BCUT2D eigenvalue weighted by atomic mass is 10.0.